The third-order valence-corrected chi connectivity index (χ3v) is 6.25. The Morgan fingerprint density at radius 2 is 1.79 bits per heavy atom. The zero-order valence-corrected chi connectivity index (χ0v) is 16.5. The second-order valence-corrected chi connectivity index (χ2v) is 8.06. The van der Waals surface area contributed by atoms with Crippen LogP contribution in [0.3, 0.4) is 0 Å². The number of nitrogens with one attached hydrogen (secondary N) is 1. The number of aromatic nitrogens is 2. The molecule has 1 N–H and O–H groups in total. The number of fused-ring (bicyclic) bond motifs is 1. The van der Waals surface area contributed by atoms with E-state index in [2.05, 4.69) is 43.3 Å². The Balaban J connectivity index is 1.31. The molecule has 1 atom stereocenters. The third kappa shape index (κ3) is 3.47. The first-order valence-electron chi connectivity index (χ1n) is 10.5. The van der Waals surface area contributed by atoms with Gasteiger partial charge in [0.1, 0.15) is 18.2 Å². The van der Waals surface area contributed by atoms with Crippen LogP contribution in [0.25, 0.3) is 10.9 Å². The van der Waals surface area contributed by atoms with Crippen molar-refractivity contribution in [1.29, 1.82) is 0 Å². The van der Waals surface area contributed by atoms with Crippen LogP contribution in [0.2, 0.25) is 0 Å². The molecule has 0 aliphatic carbocycles. The largest absolute Gasteiger partial charge is 0.368 e. The van der Waals surface area contributed by atoms with Gasteiger partial charge in [-0.15, -0.1) is 0 Å². The lowest BCUT2D eigenvalue weighted by atomic mass is 10.1. The number of hydrogen-bond donors (Lipinski definition) is 1. The van der Waals surface area contributed by atoms with Crippen LogP contribution in [-0.2, 0) is 9.59 Å². The maximum Gasteiger partial charge on any atom is 0.245 e. The molecule has 1 aromatic heterocycles. The quantitative estimate of drug-likeness (QED) is 0.841. The SMILES string of the molecule is O=C1CCC(C(=O)N2CCN(c3ccc4ncnc(N5CCCC5)c4c3)CC2)N1. The van der Waals surface area contributed by atoms with Crippen LogP contribution in [0, 0.1) is 0 Å². The highest BCUT2D eigenvalue weighted by atomic mass is 16.2. The topological polar surface area (TPSA) is 81.7 Å². The number of hydrogen-bond acceptors (Lipinski definition) is 6. The second kappa shape index (κ2) is 7.50. The van der Waals surface area contributed by atoms with Crippen molar-refractivity contribution in [3.05, 3.63) is 24.5 Å². The van der Waals surface area contributed by atoms with Gasteiger partial charge >= 0.3 is 0 Å². The van der Waals surface area contributed by atoms with Crippen molar-refractivity contribution in [3.63, 3.8) is 0 Å². The molecule has 2 aromatic rings. The van der Waals surface area contributed by atoms with E-state index in [1.54, 1.807) is 6.33 Å². The van der Waals surface area contributed by atoms with Crippen molar-refractivity contribution in [1.82, 2.24) is 20.2 Å². The highest BCUT2D eigenvalue weighted by Gasteiger charge is 2.32. The molecule has 3 saturated heterocycles. The second-order valence-electron chi connectivity index (χ2n) is 8.06. The van der Waals surface area contributed by atoms with E-state index in [0.717, 1.165) is 48.6 Å². The molecule has 0 bridgehead atoms. The minimum atomic E-state index is -0.338. The number of carbonyl (C=O) groups excluding carboxylic acids is 2. The van der Waals surface area contributed by atoms with Gasteiger partial charge in [0.25, 0.3) is 0 Å². The van der Waals surface area contributed by atoms with E-state index in [1.807, 2.05) is 4.90 Å². The summed E-state index contributed by atoms with van der Waals surface area (Å²) in [5, 5.41) is 3.88. The Labute approximate surface area is 169 Å². The van der Waals surface area contributed by atoms with Crippen LogP contribution in [0.5, 0.6) is 0 Å². The van der Waals surface area contributed by atoms with Gasteiger partial charge in [-0.25, -0.2) is 9.97 Å². The van der Waals surface area contributed by atoms with Gasteiger partial charge in [-0.3, -0.25) is 9.59 Å². The molecular weight excluding hydrogens is 368 g/mol. The number of amides is 2. The van der Waals surface area contributed by atoms with Crippen molar-refractivity contribution in [3.8, 4) is 0 Å². The lowest BCUT2D eigenvalue weighted by molar-refractivity contribution is -0.134. The molecule has 3 fully saturated rings. The third-order valence-electron chi connectivity index (χ3n) is 6.25. The molecule has 5 rings (SSSR count). The van der Waals surface area contributed by atoms with Gasteiger partial charge in [0, 0.05) is 56.8 Å². The Bertz CT molecular complexity index is 934. The molecule has 2 amide bonds. The predicted octanol–water partition coefficient (Wildman–Crippen LogP) is 1.16. The van der Waals surface area contributed by atoms with Gasteiger partial charge in [0.2, 0.25) is 11.8 Å². The summed E-state index contributed by atoms with van der Waals surface area (Å²) in [6.45, 7) is 5.01. The van der Waals surface area contributed by atoms with E-state index in [0.29, 0.717) is 25.9 Å². The van der Waals surface area contributed by atoms with E-state index in [9.17, 15) is 9.59 Å². The standard InChI is InChI=1S/C21H26N6O2/c28-19-6-5-18(24-19)21(29)27-11-9-25(10-12-27)15-3-4-17-16(13-15)20(23-14-22-17)26-7-1-2-8-26/h3-4,13-14,18H,1-2,5-12H2,(H,24,28). The van der Waals surface area contributed by atoms with Crippen LogP contribution in [0.1, 0.15) is 25.7 Å². The average molecular weight is 394 g/mol. The number of carbonyl (C=O) groups is 2. The highest BCUT2D eigenvalue weighted by molar-refractivity contribution is 5.92. The van der Waals surface area contributed by atoms with Crippen molar-refractivity contribution < 1.29 is 9.59 Å². The molecule has 1 unspecified atom stereocenters. The fourth-order valence-corrected chi connectivity index (χ4v) is 4.61. The lowest BCUT2D eigenvalue weighted by Gasteiger charge is -2.37. The Morgan fingerprint density at radius 1 is 1.00 bits per heavy atom. The summed E-state index contributed by atoms with van der Waals surface area (Å²) in [5.41, 5.74) is 2.12. The first kappa shape index (κ1) is 18.1. The molecule has 8 heteroatoms. The van der Waals surface area contributed by atoms with Gasteiger partial charge in [-0.1, -0.05) is 0 Å². The molecule has 4 heterocycles. The molecule has 8 nitrogen and oxygen atoms in total. The van der Waals surface area contributed by atoms with E-state index in [1.165, 1.54) is 12.8 Å². The van der Waals surface area contributed by atoms with Crippen LogP contribution in [0.4, 0.5) is 11.5 Å². The molecule has 3 aliphatic heterocycles. The molecule has 0 saturated carbocycles. The zero-order chi connectivity index (χ0) is 19.8. The number of benzene rings is 1. The molecule has 1 aromatic carbocycles. The smallest absolute Gasteiger partial charge is 0.245 e. The number of rotatable bonds is 3. The Morgan fingerprint density at radius 3 is 2.52 bits per heavy atom. The minimum absolute atomic E-state index is 0.0193. The average Bonchev–Trinajstić information content (AvgIpc) is 3.44. The first-order valence-corrected chi connectivity index (χ1v) is 10.5. The number of piperazine rings is 1. The summed E-state index contributed by atoms with van der Waals surface area (Å²) in [6, 6.07) is 6.03. The van der Waals surface area contributed by atoms with Crippen LogP contribution in [-0.4, -0.2) is 72.0 Å². The Kier molecular flexibility index (Phi) is 4.69. The van der Waals surface area contributed by atoms with Gasteiger partial charge in [-0.2, -0.15) is 0 Å². The van der Waals surface area contributed by atoms with Crippen LogP contribution in [0.15, 0.2) is 24.5 Å². The summed E-state index contributed by atoms with van der Waals surface area (Å²) in [7, 11) is 0. The first-order chi connectivity index (χ1) is 14.2. The van der Waals surface area contributed by atoms with E-state index in [4.69, 9.17) is 0 Å². The van der Waals surface area contributed by atoms with Crippen molar-refractivity contribution in [2.75, 3.05) is 49.1 Å². The predicted molar refractivity (Wildman–Crippen MR) is 111 cm³/mol. The van der Waals surface area contributed by atoms with Crippen LogP contribution >= 0.6 is 0 Å². The van der Waals surface area contributed by atoms with Crippen molar-refractivity contribution in [2.24, 2.45) is 0 Å². The van der Waals surface area contributed by atoms with Gasteiger partial charge < -0.3 is 20.0 Å². The van der Waals surface area contributed by atoms with Crippen molar-refractivity contribution >= 4 is 34.2 Å². The fraction of sp³-hybridized carbons (Fsp3) is 0.524. The maximum atomic E-state index is 12.6. The van der Waals surface area contributed by atoms with E-state index >= 15 is 0 Å². The summed E-state index contributed by atoms with van der Waals surface area (Å²) in [5.74, 6) is 1.06. The van der Waals surface area contributed by atoms with Crippen molar-refractivity contribution in [2.45, 2.75) is 31.7 Å². The molecule has 3 aliphatic rings. The lowest BCUT2D eigenvalue weighted by Crippen LogP contribution is -2.53. The summed E-state index contributed by atoms with van der Waals surface area (Å²) in [4.78, 5) is 39.6. The minimum Gasteiger partial charge on any atom is -0.368 e. The van der Waals surface area contributed by atoms with Gasteiger partial charge in [-0.05, 0) is 37.5 Å². The fourth-order valence-electron chi connectivity index (χ4n) is 4.61. The summed E-state index contributed by atoms with van der Waals surface area (Å²) < 4.78 is 0. The van der Waals surface area contributed by atoms with Crippen LogP contribution < -0.4 is 15.1 Å². The monoisotopic (exact) mass is 394 g/mol. The normalized spacial score (nSPS) is 22.4. The molecule has 29 heavy (non-hydrogen) atoms. The van der Waals surface area contributed by atoms with Gasteiger partial charge in [0.05, 0.1) is 5.52 Å². The summed E-state index contributed by atoms with van der Waals surface area (Å²) in [6.07, 6.45) is 5.14. The number of anilines is 2. The molecule has 0 radical (unpaired) electrons. The van der Waals surface area contributed by atoms with E-state index < -0.39 is 0 Å². The molecule has 152 valence electrons. The zero-order valence-electron chi connectivity index (χ0n) is 16.5. The highest BCUT2D eigenvalue weighted by Crippen LogP contribution is 2.30. The molecular formula is C21H26N6O2. The van der Waals surface area contributed by atoms with Gasteiger partial charge in [0.15, 0.2) is 0 Å². The molecule has 0 spiro atoms. The summed E-state index contributed by atoms with van der Waals surface area (Å²) >= 11 is 0. The Hall–Kier alpha value is -2.90. The maximum absolute atomic E-state index is 12.6. The number of nitrogens with zero attached hydrogens (tertiary/aromatic N) is 5. The van der Waals surface area contributed by atoms with E-state index in [-0.39, 0.29) is 17.9 Å².